The van der Waals surface area contributed by atoms with E-state index in [4.69, 9.17) is 16.0 Å². The maximum absolute atomic E-state index is 13.5. The average Bonchev–Trinajstić information content (AvgIpc) is 3.41. The van der Waals surface area contributed by atoms with Crippen LogP contribution in [0.2, 0.25) is 5.02 Å². The summed E-state index contributed by atoms with van der Waals surface area (Å²) in [5.41, 5.74) is 0.855. The first-order valence-corrected chi connectivity index (χ1v) is 13.3. The monoisotopic (exact) mass is 606 g/mol. The molecule has 0 aliphatic carbocycles. The van der Waals surface area contributed by atoms with Gasteiger partial charge < -0.3 is 4.42 Å². The fourth-order valence-corrected chi connectivity index (χ4v) is 5.24. The molecule has 41 heavy (non-hydrogen) atoms. The summed E-state index contributed by atoms with van der Waals surface area (Å²) in [4.78, 5) is 22.7. The topological polar surface area (TPSA) is 135 Å². The molecule has 10 nitrogen and oxygen atoms in total. The van der Waals surface area contributed by atoms with Crippen LogP contribution in [-0.2, 0) is 21.0 Å². The highest BCUT2D eigenvalue weighted by Gasteiger charge is 2.35. The summed E-state index contributed by atoms with van der Waals surface area (Å²) in [5.74, 6) is -0.428. The van der Waals surface area contributed by atoms with E-state index >= 15 is 0 Å². The number of nitro groups is 1. The molecule has 0 atom stereocenters. The van der Waals surface area contributed by atoms with Crippen molar-refractivity contribution in [3.05, 3.63) is 111 Å². The number of nitro benzene ring substituents is 1. The van der Waals surface area contributed by atoms with Crippen LogP contribution in [-0.4, -0.2) is 32.0 Å². The number of carbonyl (C=O) groups is 1. The highest BCUT2D eigenvalue weighted by Crippen LogP contribution is 2.38. The van der Waals surface area contributed by atoms with E-state index < -0.39 is 49.8 Å². The second kappa shape index (κ2) is 11.8. The van der Waals surface area contributed by atoms with E-state index in [2.05, 4.69) is 10.5 Å². The molecule has 1 N–H and O–H groups in total. The Hall–Kier alpha value is -4.69. The minimum Gasteiger partial charge on any atom is -0.455 e. The second-order valence-corrected chi connectivity index (χ2v) is 10.6. The van der Waals surface area contributed by atoms with E-state index in [1.54, 1.807) is 12.1 Å². The molecule has 3 aromatic carbocycles. The Morgan fingerprint density at radius 3 is 2.37 bits per heavy atom. The SMILES string of the molecule is O=C(CN(c1ccc(Cl)c(C(F)(F)F)c1)S(=O)(=O)c1ccccc1)N/N=C/c1ccc(-c2ccc([N+](=O)[O-])cc2)o1. The van der Waals surface area contributed by atoms with Crippen molar-refractivity contribution in [1.82, 2.24) is 5.43 Å². The molecule has 4 rings (SSSR count). The number of sulfonamides is 1. The highest BCUT2D eigenvalue weighted by molar-refractivity contribution is 7.92. The zero-order valence-corrected chi connectivity index (χ0v) is 22.2. The molecule has 0 aliphatic rings. The van der Waals surface area contributed by atoms with E-state index in [1.807, 2.05) is 0 Å². The minimum atomic E-state index is -4.88. The average molecular weight is 607 g/mol. The number of anilines is 1. The van der Waals surface area contributed by atoms with Gasteiger partial charge in [0.1, 0.15) is 18.1 Å². The smallest absolute Gasteiger partial charge is 0.417 e. The maximum Gasteiger partial charge on any atom is 0.417 e. The molecule has 4 aromatic rings. The zero-order valence-electron chi connectivity index (χ0n) is 20.6. The summed E-state index contributed by atoms with van der Waals surface area (Å²) in [6.07, 6.45) is -3.76. The van der Waals surface area contributed by atoms with Crippen molar-refractivity contribution in [3.8, 4) is 11.3 Å². The number of non-ortho nitro benzene ring substituents is 1. The Morgan fingerprint density at radius 2 is 1.73 bits per heavy atom. The molecule has 15 heteroatoms. The van der Waals surface area contributed by atoms with Crippen LogP contribution in [0.15, 0.2) is 99.3 Å². The lowest BCUT2D eigenvalue weighted by atomic mass is 10.1. The molecule has 0 spiro atoms. The van der Waals surface area contributed by atoms with Gasteiger partial charge in [-0.25, -0.2) is 13.8 Å². The Kier molecular flexibility index (Phi) is 8.44. The third kappa shape index (κ3) is 6.91. The predicted molar refractivity (Wildman–Crippen MR) is 144 cm³/mol. The summed E-state index contributed by atoms with van der Waals surface area (Å²) < 4.78 is 73.2. The number of alkyl halides is 3. The van der Waals surface area contributed by atoms with Crippen molar-refractivity contribution in [2.24, 2.45) is 5.10 Å². The molecule has 0 fully saturated rings. The van der Waals surface area contributed by atoms with Crippen LogP contribution < -0.4 is 9.73 Å². The van der Waals surface area contributed by atoms with Crippen molar-refractivity contribution in [3.63, 3.8) is 0 Å². The summed E-state index contributed by atoms with van der Waals surface area (Å²) in [7, 11) is -4.49. The van der Waals surface area contributed by atoms with Crippen LogP contribution in [0, 0.1) is 10.1 Å². The number of rotatable bonds is 9. The van der Waals surface area contributed by atoms with Crippen LogP contribution in [0.1, 0.15) is 11.3 Å². The molecule has 1 amide bonds. The molecular formula is C26H18ClF3N4O6S. The zero-order chi connectivity index (χ0) is 29.8. The summed E-state index contributed by atoms with van der Waals surface area (Å²) in [6, 6.07) is 18.0. The molecule has 0 aliphatic heterocycles. The summed E-state index contributed by atoms with van der Waals surface area (Å²) in [6.45, 7) is -0.917. The molecule has 0 radical (unpaired) electrons. The molecule has 0 unspecified atom stereocenters. The van der Waals surface area contributed by atoms with E-state index in [0.717, 1.165) is 18.3 Å². The fraction of sp³-hybridized carbons (Fsp3) is 0.0769. The summed E-state index contributed by atoms with van der Waals surface area (Å²) >= 11 is 5.69. The van der Waals surface area contributed by atoms with Gasteiger partial charge in [0.15, 0.2) is 0 Å². The van der Waals surface area contributed by atoms with Crippen molar-refractivity contribution >= 4 is 45.1 Å². The number of hydrazone groups is 1. The third-order valence-electron chi connectivity index (χ3n) is 5.53. The molecular weight excluding hydrogens is 589 g/mol. The van der Waals surface area contributed by atoms with Crippen LogP contribution in [0.5, 0.6) is 0 Å². The van der Waals surface area contributed by atoms with Gasteiger partial charge in [0.05, 0.1) is 32.3 Å². The van der Waals surface area contributed by atoms with E-state index in [9.17, 15) is 36.5 Å². The van der Waals surface area contributed by atoms with Gasteiger partial charge in [-0.15, -0.1) is 0 Å². The standard InChI is InChI=1S/C26H18ClF3N4O6S/c27-23-12-10-19(14-22(23)26(28,29)30)33(41(38,39)21-4-2-1-3-5-21)16-25(35)32-31-15-20-11-13-24(40-20)17-6-8-18(9-7-17)34(36)37/h1-15H,16H2,(H,32,35)/b31-15+. The van der Waals surface area contributed by atoms with Gasteiger partial charge in [0.25, 0.3) is 21.6 Å². The van der Waals surface area contributed by atoms with Gasteiger partial charge in [0.2, 0.25) is 0 Å². The lowest BCUT2D eigenvalue weighted by molar-refractivity contribution is -0.384. The molecule has 1 heterocycles. The first kappa shape index (κ1) is 29.3. The number of amides is 1. The number of furan rings is 1. The van der Waals surface area contributed by atoms with Crippen LogP contribution >= 0.6 is 11.6 Å². The van der Waals surface area contributed by atoms with E-state index in [-0.39, 0.29) is 16.3 Å². The fourth-order valence-electron chi connectivity index (χ4n) is 3.58. The Morgan fingerprint density at radius 1 is 1.05 bits per heavy atom. The van der Waals surface area contributed by atoms with E-state index in [0.29, 0.717) is 21.7 Å². The number of carbonyl (C=O) groups excluding carboxylic acids is 1. The minimum absolute atomic E-state index is 0.0960. The molecule has 0 saturated carbocycles. The van der Waals surface area contributed by atoms with Gasteiger partial charge in [-0.1, -0.05) is 29.8 Å². The first-order chi connectivity index (χ1) is 19.4. The van der Waals surface area contributed by atoms with Gasteiger partial charge in [0, 0.05) is 17.7 Å². The molecule has 0 saturated heterocycles. The largest absolute Gasteiger partial charge is 0.455 e. The van der Waals surface area contributed by atoms with Gasteiger partial charge >= 0.3 is 6.18 Å². The van der Waals surface area contributed by atoms with Crippen molar-refractivity contribution < 1.29 is 35.7 Å². The summed E-state index contributed by atoms with van der Waals surface area (Å²) in [5, 5.41) is 13.9. The maximum atomic E-state index is 13.5. The Bertz CT molecular complexity index is 1710. The van der Waals surface area contributed by atoms with Crippen molar-refractivity contribution in [2.75, 3.05) is 10.8 Å². The number of hydrogen-bond donors (Lipinski definition) is 1. The van der Waals surface area contributed by atoms with Gasteiger partial charge in [-0.3, -0.25) is 19.2 Å². The first-order valence-electron chi connectivity index (χ1n) is 11.5. The molecule has 1 aromatic heterocycles. The quantitative estimate of drug-likeness (QED) is 0.144. The van der Waals surface area contributed by atoms with Crippen LogP contribution in [0.3, 0.4) is 0 Å². The normalized spacial score (nSPS) is 11.9. The van der Waals surface area contributed by atoms with Gasteiger partial charge in [-0.2, -0.15) is 18.3 Å². The lowest BCUT2D eigenvalue weighted by Gasteiger charge is -2.24. The predicted octanol–water partition coefficient (Wildman–Crippen LogP) is 5.87. The number of hydrogen-bond acceptors (Lipinski definition) is 7. The van der Waals surface area contributed by atoms with Gasteiger partial charge in [-0.05, 0) is 54.6 Å². The van der Waals surface area contributed by atoms with Crippen LogP contribution in [0.4, 0.5) is 24.5 Å². The van der Waals surface area contributed by atoms with Crippen LogP contribution in [0.25, 0.3) is 11.3 Å². The molecule has 212 valence electrons. The van der Waals surface area contributed by atoms with E-state index in [1.165, 1.54) is 54.6 Å². The number of nitrogens with one attached hydrogen (secondary N) is 1. The van der Waals surface area contributed by atoms with Crippen molar-refractivity contribution in [2.45, 2.75) is 11.1 Å². The number of halogens is 4. The Balaban J connectivity index is 1.54. The highest BCUT2D eigenvalue weighted by atomic mass is 35.5. The van der Waals surface area contributed by atoms with Crippen molar-refractivity contribution in [1.29, 1.82) is 0 Å². The Labute approximate surface area is 235 Å². The molecule has 0 bridgehead atoms. The number of benzene rings is 3. The second-order valence-electron chi connectivity index (χ2n) is 8.29. The lowest BCUT2D eigenvalue weighted by Crippen LogP contribution is -2.39. The third-order valence-corrected chi connectivity index (χ3v) is 7.65. The number of nitrogens with zero attached hydrogens (tertiary/aromatic N) is 3.